The number of hydrogen-bond acceptors (Lipinski definition) is 3. The number of piperidine rings is 2. The Labute approximate surface area is 180 Å². The van der Waals surface area contributed by atoms with E-state index in [0.29, 0.717) is 22.6 Å². The smallest absolute Gasteiger partial charge is 0.251 e. The molecule has 0 aromatic rings. The Morgan fingerprint density at radius 3 is 2.33 bits per heavy atom. The van der Waals surface area contributed by atoms with E-state index in [9.17, 15) is 8.78 Å². The van der Waals surface area contributed by atoms with Crippen molar-refractivity contribution in [2.24, 2.45) is 27.5 Å². The molecular formula is C23H39F2N5. The molecule has 0 amide bonds. The van der Waals surface area contributed by atoms with E-state index in [1.807, 2.05) is 0 Å². The van der Waals surface area contributed by atoms with Gasteiger partial charge in [-0.1, -0.05) is 20.8 Å². The van der Waals surface area contributed by atoms with Gasteiger partial charge in [0.2, 0.25) is 0 Å². The van der Waals surface area contributed by atoms with Crippen LogP contribution in [0.2, 0.25) is 0 Å². The molecule has 3 fully saturated rings. The Morgan fingerprint density at radius 2 is 1.73 bits per heavy atom. The molecule has 7 heteroatoms. The van der Waals surface area contributed by atoms with Crippen LogP contribution in [0.3, 0.4) is 0 Å². The van der Waals surface area contributed by atoms with Crippen LogP contribution in [0.4, 0.5) is 8.78 Å². The molecule has 0 bridgehead atoms. The summed E-state index contributed by atoms with van der Waals surface area (Å²) in [6, 6.07) is 0. The maximum atomic E-state index is 13.2. The molecule has 3 rings (SSSR count). The predicted octanol–water partition coefficient (Wildman–Crippen LogP) is 4.15. The van der Waals surface area contributed by atoms with Gasteiger partial charge in [0.15, 0.2) is 0 Å². The van der Waals surface area contributed by atoms with Gasteiger partial charge in [0.25, 0.3) is 5.92 Å². The number of likely N-dealkylation sites (tertiary alicyclic amines) is 2. The molecule has 3 aliphatic rings. The average molecular weight is 424 g/mol. The average Bonchev–Trinajstić information content (AvgIpc) is 3.35. The molecule has 0 aromatic heterocycles. The predicted molar refractivity (Wildman–Crippen MR) is 119 cm³/mol. The molecule has 1 spiro atoms. The van der Waals surface area contributed by atoms with Crippen LogP contribution in [0.1, 0.15) is 59.3 Å². The Morgan fingerprint density at radius 1 is 1.10 bits per heavy atom. The van der Waals surface area contributed by atoms with Gasteiger partial charge in [0.1, 0.15) is 11.7 Å². The number of nitrogens with zero attached hydrogens (tertiary/aromatic N) is 3. The fraction of sp³-hybridized carbons (Fsp3) is 0.826. The van der Waals surface area contributed by atoms with Crippen molar-refractivity contribution in [3.63, 3.8) is 0 Å². The zero-order valence-electron chi connectivity index (χ0n) is 18.9. The molecule has 1 unspecified atom stereocenters. The van der Waals surface area contributed by atoms with Crippen LogP contribution in [-0.2, 0) is 0 Å². The number of aliphatic imine (C=N–C) groups is 1. The molecule has 0 aromatic carbocycles. The summed E-state index contributed by atoms with van der Waals surface area (Å²) < 4.78 is 26.5. The first kappa shape index (κ1) is 23.2. The third kappa shape index (κ3) is 6.50. The fourth-order valence-corrected chi connectivity index (χ4v) is 4.63. The summed E-state index contributed by atoms with van der Waals surface area (Å²) in [6.45, 7) is 11.7. The highest BCUT2D eigenvalue weighted by molar-refractivity contribution is 5.99. The van der Waals surface area contributed by atoms with E-state index in [1.54, 1.807) is 17.1 Å². The first-order valence-electron chi connectivity index (χ1n) is 11.4. The summed E-state index contributed by atoms with van der Waals surface area (Å²) in [7, 11) is 0. The van der Waals surface area contributed by atoms with E-state index in [4.69, 9.17) is 11.1 Å². The summed E-state index contributed by atoms with van der Waals surface area (Å²) in [6.07, 6.45) is 7.85. The van der Waals surface area contributed by atoms with Crippen molar-refractivity contribution in [1.29, 1.82) is 5.41 Å². The van der Waals surface area contributed by atoms with Crippen molar-refractivity contribution >= 4 is 11.7 Å². The van der Waals surface area contributed by atoms with E-state index in [2.05, 4.69) is 30.7 Å². The van der Waals surface area contributed by atoms with Crippen molar-refractivity contribution in [1.82, 2.24) is 9.80 Å². The van der Waals surface area contributed by atoms with Gasteiger partial charge in [0.05, 0.1) is 0 Å². The minimum Gasteiger partial charge on any atom is -0.384 e. The third-order valence-electron chi connectivity index (χ3n) is 7.13. The lowest BCUT2D eigenvalue weighted by molar-refractivity contribution is -0.0434. The molecule has 1 aliphatic carbocycles. The Hall–Kier alpha value is -1.50. The van der Waals surface area contributed by atoms with E-state index < -0.39 is 5.92 Å². The quantitative estimate of drug-likeness (QED) is 0.498. The molecular weight excluding hydrogens is 384 g/mol. The third-order valence-corrected chi connectivity index (χ3v) is 7.13. The molecule has 5 nitrogen and oxygen atoms in total. The molecule has 1 saturated carbocycles. The van der Waals surface area contributed by atoms with Crippen molar-refractivity contribution in [2.45, 2.75) is 65.2 Å². The maximum Gasteiger partial charge on any atom is 0.251 e. The van der Waals surface area contributed by atoms with Gasteiger partial charge in [-0.2, -0.15) is 0 Å². The summed E-state index contributed by atoms with van der Waals surface area (Å²) in [5.41, 5.74) is 6.88. The van der Waals surface area contributed by atoms with Gasteiger partial charge >= 0.3 is 0 Å². The zero-order chi connectivity index (χ0) is 22.0. The van der Waals surface area contributed by atoms with E-state index in [0.717, 1.165) is 6.54 Å². The highest BCUT2D eigenvalue weighted by Gasteiger charge is 2.54. The highest BCUT2D eigenvalue weighted by Crippen LogP contribution is 2.59. The first-order chi connectivity index (χ1) is 14.0. The number of rotatable bonds is 6. The molecule has 1 atom stereocenters. The van der Waals surface area contributed by atoms with Crippen molar-refractivity contribution < 1.29 is 8.78 Å². The fourth-order valence-electron chi connectivity index (χ4n) is 4.63. The number of alkyl halides is 2. The van der Waals surface area contributed by atoms with Crippen LogP contribution in [0.5, 0.6) is 0 Å². The summed E-state index contributed by atoms with van der Waals surface area (Å²) in [5, 5.41) is 8.06. The minimum atomic E-state index is -2.59. The van der Waals surface area contributed by atoms with Crippen LogP contribution >= 0.6 is 0 Å². The summed E-state index contributed by atoms with van der Waals surface area (Å²) >= 11 is 0. The molecule has 2 heterocycles. The summed E-state index contributed by atoms with van der Waals surface area (Å²) in [4.78, 5) is 8.80. The summed E-state index contributed by atoms with van der Waals surface area (Å²) in [5.74, 6) is -1.32. The number of nitrogens with two attached hydrogens (primary N) is 1. The lowest BCUT2D eigenvalue weighted by Crippen LogP contribution is -2.41. The lowest BCUT2D eigenvalue weighted by Gasteiger charge is -2.34. The van der Waals surface area contributed by atoms with Gasteiger partial charge in [-0.25, -0.2) is 8.78 Å². The first-order valence-corrected chi connectivity index (χ1v) is 11.4. The molecule has 3 N–H and O–H groups in total. The standard InChI is InChI=1S/C23H39F2N5/c1-21(2,3)6-11-29-12-7-22(8-13-29)16-18(22)17-28-19(26)4-5-20(27)30-14-9-23(24,25)10-15-30/h4-5,18,27H,6-17H2,1-3H3,(H2,26,28)/b5-4-,27-20?. The largest absolute Gasteiger partial charge is 0.384 e. The van der Waals surface area contributed by atoms with Crippen molar-refractivity contribution in [3.8, 4) is 0 Å². The Kier molecular flexibility index (Phi) is 6.90. The van der Waals surface area contributed by atoms with Crippen molar-refractivity contribution in [3.05, 3.63) is 12.2 Å². The molecule has 2 aliphatic heterocycles. The molecule has 2 saturated heterocycles. The monoisotopic (exact) mass is 423 g/mol. The van der Waals surface area contributed by atoms with Crippen LogP contribution in [0, 0.1) is 22.2 Å². The molecule has 30 heavy (non-hydrogen) atoms. The van der Waals surface area contributed by atoms with Crippen LogP contribution in [-0.4, -0.2) is 66.7 Å². The van der Waals surface area contributed by atoms with Gasteiger partial charge < -0.3 is 15.5 Å². The number of halogens is 2. The lowest BCUT2D eigenvalue weighted by atomic mass is 9.88. The van der Waals surface area contributed by atoms with Gasteiger partial charge in [-0.3, -0.25) is 10.4 Å². The van der Waals surface area contributed by atoms with Gasteiger partial charge in [-0.05, 0) is 74.2 Å². The zero-order valence-corrected chi connectivity index (χ0v) is 18.9. The second kappa shape index (κ2) is 8.93. The van der Waals surface area contributed by atoms with E-state index in [1.165, 1.54) is 45.3 Å². The highest BCUT2D eigenvalue weighted by atomic mass is 19.3. The maximum absolute atomic E-state index is 13.2. The van der Waals surface area contributed by atoms with Gasteiger partial charge in [-0.15, -0.1) is 0 Å². The van der Waals surface area contributed by atoms with E-state index in [-0.39, 0.29) is 31.8 Å². The Balaban J connectivity index is 1.38. The number of nitrogens with one attached hydrogen (secondary N) is 1. The minimum absolute atomic E-state index is 0.190. The Bertz CT molecular complexity index is 662. The van der Waals surface area contributed by atoms with Gasteiger partial charge in [0, 0.05) is 32.5 Å². The van der Waals surface area contributed by atoms with Crippen LogP contribution in [0.25, 0.3) is 0 Å². The SMILES string of the molecule is CC(C)(C)CCN1CCC2(CC1)CC2CN=C(N)/C=C\C(=N)N1CCC(F)(F)CC1. The normalized spacial score (nSPS) is 27.0. The molecule has 170 valence electrons. The second-order valence-electron chi connectivity index (χ2n) is 10.7. The number of amidine groups is 2. The topological polar surface area (TPSA) is 68.7 Å². The van der Waals surface area contributed by atoms with E-state index >= 15 is 0 Å². The van der Waals surface area contributed by atoms with Crippen LogP contribution < -0.4 is 5.73 Å². The van der Waals surface area contributed by atoms with Crippen molar-refractivity contribution in [2.75, 3.05) is 39.3 Å². The molecule has 0 radical (unpaired) electrons. The van der Waals surface area contributed by atoms with Crippen LogP contribution in [0.15, 0.2) is 17.1 Å². The second-order valence-corrected chi connectivity index (χ2v) is 10.7. The number of hydrogen-bond donors (Lipinski definition) is 2.